The summed E-state index contributed by atoms with van der Waals surface area (Å²) in [5.41, 5.74) is 5.63. The van der Waals surface area contributed by atoms with Crippen LogP contribution in [0.25, 0.3) is 22.0 Å². The lowest BCUT2D eigenvalue weighted by atomic mass is 9.93. The molecule has 0 bridgehead atoms. The van der Waals surface area contributed by atoms with Gasteiger partial charge in [0.2, 0.25) is 0 Å². The summed E-state index contributed by atoms with van der Waals surface area (Å²) in [5.74, 6) is 0.464. The average Bonchev–Trinajstić information content (AvgIpc) is 2.54. The Kier molecular flexibility index (Phi) is 3.89. The van der Waals surface area contributed by atoms with Crippen molar-refractivity contribution in [2.45, 2.75) is 26.2 Å². The molecule has 3 rings (SSSR count). The van der Waals surface area contributed by atoms with E-state index in [-0.39, 0.29) is 0 Å². The topological polar surface area (TPSA) is 36.7 Å². The van der Waals surface area contributed by atoms with Crippen LogP contribution in [0.3, 0.4) is 0 Å². The van der Waals surface area contributed by atoms with Crippen LogP contribution in [0.15, 0.2) is 54.7 Å². The molecule has 2 aromatic carbocycles. The van der Waals surface area contributed by atoms with Gasteiger partial charge in [0, 0.05) is 17.1 Å². The van der Waals surface area contributed by atoms with Gasteiger partial charge in [0.05, 0.1) is 18.0 Å². The molecule has 0 atom stereocenters. The van der Waals surface area contributed by atoms with Crippen molar-refractivity contribution in [3.63, 3.8) is 0 Å². The summed E-state index contributed by atoms with van der Waals surface area (Å²) in [5, 5.41) is 10.1. The van der Waals surface area contributed by atoms with Gasteiger partial charge in [0.15, 0.2) is 0 Å². The fourth-order valence-corrected chi connectivity index (χ4v) is 2.71. The second-order valence-corrected chi connectivity index (χ2v) is 5.83. The van der Waals surface area contributed by atoms with Gasteiger partial charge in [-0.3, -0.25) is 4.98 Å². The van der Waals surface area contributed by atoms with Crippen molar-refractivity contribution in [3.05, 3.63) is 65.9 Å². The maximum atomic E-state index is 8.91. The summed E-state index contributed by atoms with van der Waals surface area (Å²) in [6.45, 7) is 4.40. The van der Waals surface area contributed by atoms with E-state index in [1.165, 1.54) is 5.56 Å². The van der Waals surface area contributed by atoms with Crippen LogP contribution in [0.2, 0.25) is 0 Å². The number of nitrogens with zero attached hydrogens (tertiary/aromatic N) is 2. The molecule has 3 aromatic rings. The molecule has 1 aromatic heterocycles. The molecule has 0 saturated heterocycles. The number of fused-ring (bicyclic) bond motifs is 1. The Hall–Kier alpha value is -2.66. The van der Waals surface area contributed by atoms with E-state index in [1.807, 2.05) is 24.4 Å². The second kappa shape index (κ2) is 5.99. The molecule has 0 aliphatic heterocycles. The minimum absolute atomic E-state index is 0.434. The fraction of sp³-hybridized carbons (Fsp3) is 0.200. The predicted octanol–water partition coefficient (Wildman–Crippen LogP) is 5.09. The first-order chi connectivity index (χ1) is 10.7. The highest BCUT2D eigenvalue weighted by molar-refractivity contribution is 5.94. The molecule has 2 nitrogen and oxygen atoms in total. The van der Waals surface area contributed by atoms with E-state index in [1.54, 1.807) is 0 Å². The van der Waals surface area contributed by atoms with E-state index in [0.29, 0.717) is 12.3 Å². The van der Waals surface area contributed by atoms with E-state index >= 15 is 0 Å². The van der Waals surface area contributed by atoms with Gasteiger partial charge in [-0.1, -0.05) is 44.2 Å². The molecule has 0 radical (unpaired) electrons. The Balaban J connectivity index is 2.25. The lowest BCUT2D eigenvalue weighted by Gasteiger charge is -2.12. The number of aromatic nitrogens is 1. The molecule has 0 aliphatic rings. The largest absolute Gasteiger partial charge is 0.256 e. The molecule has 0 fully saturated rings. The van der Waals surface area contributed by atoms with E-state index < -0.39 is 0 Å². The minimum Gasteiger partial charge on any atom is -0.256 e. The summed E-state index contributed by atoms with van der Waals surface area (Å²) >= 11 is 0. The van der Waals surface area contributed by atoms with Crippen LogP contribution >= 0.6 is 0 Å². The smallest absolute Gasteiger partial charge is 0.0780 e. The van der Waals surface area contributed by atoms with E-state index in [9.17, 15) is 0 Å². The lowest BCUT2D eigenvalue weighted by molar-refractivity contribution is 0.869. The van der Waals surface area contributed by atoms with Gasteiger partial charge in [0.25, 0.3) is 0 Å². The zero-order valence-corrected chi connectivity index (χ0v) is 12.9. The van der Waals surface area contributed by atoms with Gasteiger partial charge in [-0.15, -0.1) is 0 Å². The van der Waals surface area contributed by atoms with Gasteiger partial charge in [-0.25, -0.2) is 0 Å². The average molecular weight is 286 g/mol. The Morgan fingerprint density at radius 3 is 2.73 bits per heavy atom. The SMILES string of the molecule is CC(C)c1cc(-c2cccc(CC#N)c2)c2ncccc2c1. The van der Waals surface area contributed by atoms with Crippen LogP contribution in [-0.2, 0) is 6.42 Å². The third kappa shape index (κ3) is 2.71. The van der Waals surface area contributed by atoms with Crippen molar-refractivity contribution in [2.75, 3.05) is 0 Å². The highest BCUT2D eigenvalue weighted by atomic mass is 14.6. The van der Waals surface area contributed by atoms with Crippen LogP contribution in [0.1, 0.15) is 30.9 Å². The van der Waals surface area contributed by atoms with Crippen LogP contribution < -0.4 is 0 Å². The van der Waals surface area contributed by atoms with Gasteiger partial charge in [-0.05, 0) is 40.8 Å². The van der Waals surface area contributed by atoms with E-state index in [2.05, 4.69) is 55.2 Å². The Morgan fingerprint density at radius 1 is 1.09 bits per heavy atom. The molecule has 0 N–H and O–H groups in total. The lowest BCUT2D eigenvalue weighted by Crippen LogP contribution is -1.93. The standard InChI is InChI=1S/C20H18N2/c1-14(2)18-12-17-7-4-10-22-20(17)19(13-18)16-6-3-5-15(11-16)8-9-21/h3-7,10-14H,8H2,1-2H3. The third-order valence-electron chi connectivity index (χ3n) is 3.92. The van der Waals surface area contributed by atoms with Crippen LogP contribution in [0.4, 0.5) is 0 Å². The summed E-state index contributed by atoms with van der Waals surface area (Å²) in [6, 6.07) is 18.9. The van der Waals surface area contributed by atoms with E-state index in [4.69, 9.17) is 5.26 Å². The predicted molar refractivity (Wildman–Crippen MR) is 90.6 cm³/mol. The van der Waals surface area contributed by atoms with Gasteiger partial charge < -0.3 is 0 Å². The molecule has 2 heteroatoms. The summed E-state index contributed by atoms with van der Waals surface area (Å²) in [7, 11) is 0. The Morgan fingerprint density at radius 2 is 1.95 bits per heavy atom. The molecular formula is C20H18N2. The first-order valence-electron chi connectivity index (χ1n) is 7.54. The monoisotopic (exact) mass is 286 g/mol. The number of pyridine rings is 1. The maximum absolute atomic E-state index is 8.91. The van der Waals surface area contributed by atoms with Crippen molar-refractivity contribution in [1.82, 2.24) is 4.98 Å². The van der Waals surface area contributed by atoms with Gasteiger partial charge >= 0.3 is 0 Å². The van der Waals surface area contributed by atoms with E-state index in [0.717, 1.165) is 27.6 Å². The highest BCUT2D eigenvalue weighted by Crippen LogP contribution is 2.31. The zero-order chi connectivity index (χ0) is 15.5. The molecule has 1 heterocycles. The molecule has 0 unspecified atom stereocenters. The zero-order valence-electron chi connectivity index (χ0n) is 12.9. The summed E-state index contributed by atoms with van der Waals surface area (Å²) in [6.07, 6.45) is 2.27. The van der Waals surface area contributed by atoms with Crippen LogP contribution in [0.5, 0.6) is 0 Å². The highest BCUT2D eigenvalue weighted by Gasteiger charge is 2.10. The molecule has 22 heavy (non-hydrogen) atoms. The van der Waals surface area contributed by atoms with Gasteiger partial charge in [-0.2, -0.15) is 5.26 Å². The summed E-state index contributed by atoms with van der Waals surface area (Å²) in [4.78, 5) is 4.57. The number of nitriles is 1. The van der Waals surface area contributed by atoms with Crippen molar-refractivity contribution < 1.29 is 0 Å². The fourth-order valence-electron chi connectivity index (χ4n) is 2.71. The molecule has 0 spiro atoms. The van der Waals surface area contributed by atoms with Crippen molar-refractivity contribution in [3.8, 4) is 17.2 Å². The van der Waals surface area contributed by atoms with Crippen molar-refractivity contribution in [1.29, 1.82) is 5.26 Å². The van der Waals surface area contributed by atoms with Crippen molar-refractivity contribution >= 4 is 10.9 Å². The Bertz CT molecular complexity index is 857. The van der Waals surface area contributed by atoms with Crippen molar-refractivity contribution in [2.24, 2.45) is 0 Å². The quantitative estimate of drug-likeness (QED) is 0.672. The third-order valence-corrected chi connectivity index (χ3v) is 3.92. The normalized spacial score (nSPS) is 10.8. The number of benzene rings is 2. The van der Waals surface area contributed by atoms with Crippen LogP contribution in [-0.4, -0.2) is 4.98 Å². The molecule has 0 saturated carbocycles. The molecular weight excluding hydrogens is 268 g/mol. The van der Waals surface area contributed by atoms with Crippen LogP contribution in [0, 0.1) is 11.3 Å². The minimum atomic E-state index is 0.434. The summed E-state index contributed by atoms with van der Waals surface area (Å²) < 4.78 is 0. The first kappa shape index (κ1) is 14.3. The molecule has 108 valence electrons. The second-order valence-electron chi connectivity index (χ2n) is 5.83. The molecule has 0 aliphatic carbocycles. The molecule has 0 amide bonds. The maximum Gasteiger partial charge on any atom is 0.0780 e. The van der Waals surface area contributed by atoms with Gasteiger partial charge in [0.1, 0.15) is 0 Å². The number of hydrogen-bond acceptors (Lipinski definition) is 2. The number of rotatable bonds is 3. The first-order valence-corrected chi connectivity index (χ1v) is 7.54. The Labute approximate surface area is 131 Å². The number of hydrogen-bond donors (Lipinski definition) is 0.